The molecule has 6 heteroatoms. The zero-order valence-electron chi connectivity index (χ0n) is 17.4. The second-order valence-electron chi connectivity index (χ2n) is 6.93. The smallest absolute Gasteiger partial charge is 0.244 e. The zero-order valence-corrected chi connectivity index (χ0v) is 17.4. The lowest BCUT2D eigenvalue weighted by Crippen LogP contribution is -2.20. The molecule has 0 radical (unpaired) electrons. The highest BCUT2D eigenvalue weighted by Gasteiger charge is 2.10. The topological polar surface area (TPSA) is 76.2 Å². The monoisotopic (exact) mass is 413 g/mol. The number of ether oxygens (including phenoxy) is 2. The van der Waals surface area contributed by atoms with Crippen LogP contribution in [0.2, 0.25) is 0 Å². The van der Waals surface area contributed by atoms with E-state index in [9.17, 15) is 4.79 Å². The average Bonchev–Trinajstić information content (AvgIpc) is 3.25. The SMILES string of the molecule is COc1ccc(CNC(=O)/C=C/c2c[nH]c3nccc(-c4ccccc4)c23)cc1OC. The lowest BCUT2D eigenvalue weighted by atomic mass is 10.0. The highest BCUT2D eigenvalue weighted by Crippen LogP contribution is 2.30. The molecule has 0 aliphatic rings. The number of amides is 1. The summed E-state index contributed by atoms with van der Waals surface area (Å²) in [6, 6.07) is 17.7. The van der Waals surface area contributed by atoms with Gasteiger partial charge in [0.15, 0.2) is 11.5 Å². The first-order valence-electron chi connectivity index (χ1n) is 9.88. The van der Waals surface area contributed by atoms with E-state index in [2.05, 4.69) is 27.4 Å². The van der Waals surface area contributed by atoms with Crippen LogP contribution in [0.25, 0.3) is 28.2 Å². The molecule has 0 saturated heterocycles. The number of pyridine rings is 1. The first kappa shape index (κ1) is 20.2. The van der Waals surface area contributed by atoms with Gasteiger partial charge in [0.2, 0.25) is 5.91 Å². The van der Waals surface area contributed by atoms with Gasteiger partial charge in [-0.3, -0.25) is 4.79 Å². The Balaban J connectivity index is 1.51. The molecule has 4 rings (SSSR count). The van der Waals surface area contributed by atoms with E-state index in [1.807, 2.05) is 48.7 Å². The predicted octanol–water partition coefficient (Wildman–Crippen LogP) is 4.58. The predicted molar refractivity (Wildman–Crippen MR) is 122 cm³/mol. The van der Waals surface area contributed by atoms with Gasteiger partial charge in [0.25, 0.3) is 0 Å². The van der Waals surface area contributed by atoms with Gasteiger partial charge in [-0.05, 0) is 41.0 Å². The number of nitrogens with zero attached hydrogens (tertiary/aromatic N) is 1. The first-order valence-corrected chi connectivity index (χ1v) is 9.88. The molecule has 2 N–H and O–H groups in total. The number of fused-ring (bicyclic) bond motifs is 1. The molecule has 0 saturated carbocycles. The maximum absolute atomic E-state index is 12.4. The van der Waals surface area contributed by atoms with Crippen molar-refractivity contribution in [3.8, 4) is 22.6 Å². The number of hydrogen-bond donors (Lipinski definition) is 2. The largest absolute Gasteiger partial charge is 0.493 e. The fourth-order valence-electron chi connectivity index (χ4n) is 3.48. The van der Waals surface area contributed by atoms with Crippen molar-refractivity contribution in [2.24, 2.45) is 0 Å². The molecule has 2 aromatic heterocycles. The summed E-state index contributed by atoms with van der Waals surface area (Å²) < 4.78 is 10.5. The molecule has 0 bridgehead atoms. The summed E-state index contributed by atoms with van der Waals surface area (Å²) in [7, 11) is 3.18. The Morgan fingerprint density at radius 1 is 1.06 bits per heavy atom. The average molecular weight is 413 g/mol. The van der Waals surface area contributed by atoms with Crippen molar-refractivity contribution in [1.82, 2.24) is 15.3 Å². The normalized spacial score (nSPS) is 11.0. The number of benzene rings is 2. The van der Waals surface area contributed by atoms with Gasteiger partial charge in [-0.25, -0.2) is 4.98 Å². The van der Waals surface area contributed by atoms with Crippen LogP contribution in [0.5, 0.6) is 11.5 Å². The molecule has 2 heterocycles. The van der Waals surface area contributed by atoms with E-state index in [1.54, 1.807) is 26.5 Å². The second kappa shape index (κ2) is 9.17. The summed E-state index contributed by atoms with van der Waals surface area (Å²) in [5, 5.41) is 3.88. The van der Waals surface area contributed by atoms with Gasteiger partial charge in [0, 0.05) is 36.0 Å². The first-order chi connectivity index (χ1) is 15.2. The Kier molecular flexibility index (Phi) is 5.98. The standard InChI is InChI=1S/C25H23N3O3/c1-30-21-10-8-17(14-22(21)31-2)15-27-23(29)11-9-19-16-28-25-24(19)20(12-13-26-25)18-6-4-3-5-7-18/h3-14,16H,15H2,1-2H3,(H,26,28)(H,27,29)/b11-9+. The number of rotatable bonds is 7. The minimum atomic E-state index is -0.186. The van der Waals surface area contributed by atoms with Crippen LogP contribution in [0.1, 0.15) is 11.1 Å². The van der Waals surface area contributed by atoms with E-state index in [4.69, 9.17) is 9.47 Å². The van der Waals surface area contributed by atoms with E-state index >= 15 is 0 Å². The fourth-order valence-corrected chi connectivity index (χ4v) is 3.48. The number of H-pyrrole nitrogens is 1. The van der Waals surface area contributed by atoms with Crippen LogP contribution in [-0.4, -0.2) is 30.1 Å². The van der Waals surface area contributed by atoms with Gasteiger partial charge in [-0.1, -0.05) is 36.4 Å². The van der Waals surface area contributed by atoms with Gasteiger partial charge in [-0.15, -0.1) is 0 Å². The summed E-state index contributed by atoms with van der Waals surface area (Å²) in [4.78, 5) is 20.0. The van der Waals surface area contributed by atoms with E-state index in [-0.39, 0.29) is 5.91 Å². The molecule has 6 nitrogen and oxygen atoms in total. The number of nitrogens with one attached hydrogen (secondary N) is 2. The third kappa shape index (κ3) is 4.43. The molecule has 4 aromatic rings. The van der Waals surface area contributed by atoms with Crippen LogP contribution in [0.15, 0.2) is 73.1 Å². The molecule has 0 unspecified atom stereocenters. The Hall–Kier alpha value is -4.06. The van der Waals surface area contributed by atoms with Crippen molar-refractivity contribution in [3.63, 3.8) is 0 Å². The second-order valence-corrected chi connectivity index (χ2v) is 6.93. The van der Waals surface area contributed by atoms with Crippen LogP contribution >= 0.6 is 0 Å². The Morgan fingerprint density at radius 3 is 2.65 bits per heavy atom. The highest BCUT2D eigenvalue weighted by atomic mass is 16.5. The fraction of sp³-hybridized carbons (Fsp3) is 0.120. The van der Waals surface area contributed by atoms with Crippen molar-refractivity contribution in [2.75, 3.05) is 14.2 Å². The van der Waals surface area contributed by atoms with Crippen LogP contribution < -0.4 is 14.8 Å². The Morgan fingerprint density at radius 2 is 1.87 bits per heavy atom. The molecular weight excluding hydrogens is 390 g/mol. The van der Waals surface area contributed by atoms with E-state index in [0.717, 1.165) is 33.3 Å². The number of aromatic nitrogens is 2. The van der Waals surface area contributed by atoms with E-state index < -0.39 is 0 Å². The molecule has 31 heavy (non-hydrogen) atoms. The summed E-state index contributed by atoms with van der Waals surface area (Å²) in [6.45, 7) is 0.383. The molecule has 0 spiro atoms. The van der Waals surface area contributed by atoms with Gasteiger partial charge >= 0.3 is 0 Å². The molecule has 0 aliphatic carbocycles. The van der Waals surface area contributed by atoms with Crippen molar-refractivity contribution in [3.05, 3.63) is 84.2 Å². The molecule has 0 fully saturated rings. The van der Waals surface area contributed by atoms with Gasteiger partial charge in [0.05, 0.1) is 14.2 Å². The van der Waals surface area contributed by atoms with Crippen LogP contribution in [0.3, 0.4) is 0 Å². The molecule has 156 valence electrons. The molecule has 2 aromatic carbocycles. The zero-order chi connectivity index (χ0) is 21.6. The quantitative estimate of drug-likeness (QED) is 0.435. The van der Waals surface area contributed by atoms with Crippen molar-refractivity contribution < 1.29 is 14.3 Å². The maximum atomic E-state index is 12.4. The summed E-state index contributed by atoms with van der Waals surface area (Å²) in [6.07, 6.45) is 6.98. The number of methoxy groups -OCH3 is 2. The summed E-state index contributed by atoms with van der Waals surface area (Å²) in [5.41, 5.74) is 4.77. The third-order valence-electron chi connectivity index (χ3n) is 5.02. The summed E-state index contributed by atoms with van der Waals surface area (Å²) in [5.74, 6) is 1.10. The number of aromatic amines is 1. The van der Waals surface area contributed by atoms with Crippen molar-refractivity contribution in [1.29, 1.82) is 0 Å². The van der Waals surface area contributed by atoms with Gasteiger partial charge < -0.3 is 19.8 Å². The van der Waals surface area contributed by atoms with Crippen LogP contribution in [-0.2, 0) is 11.3 Å². The lowest BCUT2D eigenvalue weighted by molar-refractivity contribution is -0.116. The number of carbonyl (C=O) groups excluding carboxylic acids is 1. The van der Waals surface area contributed by atoms with Crippen LogP contribution in [0.4, 0.5) is 0 Å². The highest BCUT2D eigenvalue weighted by molar-refractivity contribution is 6.01. The van der Waals surface area contributed by atoms with E-state index in [1.165, 1.54) is 6.08 Å². The van der Waals surface area contributed by atoms with Crippen molar-refractivity contribution >= 4 is 23.0 Å². The molecule has 0 aliphatic heterocycles. The van der Waals surface area contributed by atoms with Crippen LogP contribution in [0, 0.1) is 0 Å². The molecule has 0 atom stereocenters. The van der Waals surface area contributed by atoms with Gasteiger partial charge in [0.1, 0.15) is 5.65 Å². The van der Waals surface area contributed by atoms with E-state index in [0.29, 0.717) is 18.0 Å². The maximum Gasteiger partial charge on any atom is 0.244 e. The Bertz CT molecular complexity index is 1230. The Labute approximate surface area is 180 Å². The molecule has 1 amide bonds. The van der Waals surface area contributed by atoms with Crippen molar-refractivity contribution in [2.45, 2.75) is 6.54 Å². The number of carbonyl (C=O) groups is 1. The molecular formula is C25H23N3O3. The minimum Gasteiger partial charge on any atom is -0.493 e. The minimum absolute atomic E-state index is 0.186. The summed E-state index contributed by atoms with van der Waals surface area (Å²) >= 11 is 0. The third-order valence-corrected chi connectivity index (χ3v) is 5.02. The van der Waals surface area contributed by atoms with Gasteiger partial charge in [-0.2, -0.15) is 0 Å². The number of hydrogen-bond acceptors (Lipinski definition) is 4. The lowest BCUT2D eigenvalue weighted by Gasteiger charge is -2.09.